The summed E-state index contributed by atoms with van der Waals surface area (Å²) in [6.45, 7) is 0. The first kappa shape index (κ1) is 9.09. The molecule has 2 aromatic rings. The van der Waals surface area contributed by atoms with Gasteiger partial charge in [-0.2, -0.15) is 0 Å². The second-order valence-corrected chi connectivity index (χ2v) is 3.19. The highest BCUT2D eigenvalue weighted by Crippen LogP contribution is 2.28. The van der Waals surface area contributed by atoms with Crippen LogP contribution >= 0.6 is 11.6 Å². The maximum atomic E-state index is 10.9. The largest absolute Gasteiger partial charge is 0.495 e. The van der Waals surface area contributed by atoms with Crippen molar-refractivity contribution in [3.05, 3.63) is 39.7 Å². The molecule has 2 rings (SSSR count). The van der Waals surface area contributed by atoms with Gasteiger partial charge in [-0.05, 0) is 12.1 Å². The highest BCUT2D eigenvalue weighted by Gasteiger charge is 2.04. The summed E-state index contributed by atoms with van der Waals surface area (Å²) in [5.74, 6) is 0.563. The van der Waals surface area contributed by atoms with Crippen molar-refractivity contribution in [3.8, 4) is 5.75 Å². The van der Waals surface area contributed by atoms with E-state index in [4.69, 9.17) is 20.8 Å². The minimum Gasteiger partial charge on any atom is -0.495 e. The minimum absolute atomic E-state index is 0.390. The summed E-state index contributed by atoms with van der Waals surface area (Å²) in [5.41, 5.74) is 0.0713. The standard InChI is InChI=1S/C10H7ClO3/c1-13-9-4-6-2-3-10(12)14-8(6)5-7(9)11/h2-5H,1H3. The molecule has 4 heteroatoms. The topological polar surface area (TPSA) is 39.4 Å². The number of halogens is 1. The molecule has 0 bridgehead atoms. The molecule has 1 aromatic heterocycles. The van der Waals surface area contributed by atoms with Crippen molar-refractivity contribution in [2.75, 3.05) is 7.11 Å². The fraction of sp³-hybridized carbons (Fsp3) is 0.100. The smallest absolute Gasteiger partial charge is 0.336 e. The average molecular weight is 211 g/mol. The van der Waals surface area contributed by atoms with Crippen LogP contribution in [0.4, 0.5) is 0 Å². The molecular formula is C10H7ClO3. The molecule has 0 aliphatic rings. The Balaban J connectivity index is 2.79. The van der Waals surface area contributed by atoms with E-state index in [0.717, 1.165) is 5.39 Å². The summed E-state index contributed by atoms with van der Waals surface area (Å²) in [6.07, 6.45) is 0. The van der Waals surface area contributed by atoms with Crippen molar-refractivity contribution in [1.29, 1.82) is 0 Å². The molecule has 0 saturated carbocycles. The molecule has 0 unspecified atom stereocenters. The number of rotatable bonds is 1. The molecule has 1 heterocycles. The van der Waals surface area contributed by atoms with Crippen LogP contribution < -0.4 is 10.4 Å². The number of fused-ring (bicyclic) bond motifs is 1. The van der Waals surface area contributed by atoms with E-state index in [1.807, 2.05) is 0 Å². The predicted octanol–water partition coefficient (Wildman–Crippen LogP) is 2.46. The lowest BCUT2D eigenvalue weighted by Gasteiger charge is -2.03. The molecule has 0 saturated heterocycles. The molecule has 0 fully saturated rings. The van der Waals surface area contributed by atoms with Crippen molar-refractivity contribution in [2.45, 2.75) is 0 Å². The number of hydrogen-bond donors (Lipinski definition) is 0. The molecule has 1 aromatic carbocycles. The van der Waals surface area contributed by atoms with E-state index < -0.39 is 5.63 Å². The van der Waals surface area contributed by atoms with Gasteiger partial charge in [-0.15, -0.1) is 0 Å². The van der Waals surface area contributed by atoms with Crippen molar-refractivity contribution >= 4 is 22.6 Å². The molecule has 0 N–H and O–H groups in total. The molecule has 0 radical (unpaired) electrons. The van der Waals surface area contributed by atoms with Crippen LogP contribution in [0.3, 0.4) is 0 Å². The maximum Gasteiger partial charge on any atom is 0.336 e. The van der Waals surface area contributed by atoms with Gasteiger partial charge in [0.25, 0.3) is 0 Å². The first-order valence-electron chi connectivity index (χ1n) is 3.98. The summed E-state index contributed by atoms with van der Waals surface area (Å²) in [4.78, 5) is 10.9. The Morgan fingerprint density at radius 1 is 1.36 bits per heavy atom. The number of ether oxygens (including phenoxy) is 1. The Labute approximate surface area is 84.9 Å². The normalized spacial score (nSPS) is 10.4. The lowest BCUT2D eigenvalue weighted by atomic mass is 10.2. The summed E-state index contributed by atoms with van der Waals surface area (Å²) >= 11 is 5.87. The summed E-state index contributed by atoms with van der Waals surface area (Å²) in [5, 5.41) is 1.21. The van der Waals surface area contributed by atoms with Crippen molar-refractivity contribution in [3.63, 3.8) is 0 Å². The zero-order valence-electron chi connectivity index (χ0n) is 7.41. The molecule has 3 nitrogen and oxygen atoms in total. The third-order valence-corrected chi connectivity index (χ3v) is 2.19. The Hall–Kier alpha value is -1.48. The highest BCUT2D eigenvalue weighted by atomic mass is 35.5. The van der Waals surface area contributed by atoms with Gasteiger partial charge in [0.2, 0.25) is 0 Å². The average Bonchev–Trinajstić information content (AvgIpc) is 2.16. The first-order chi connectivity index (χ1) is 6.70. The van der Waals surface area contributed by atoms with Crippen LogP contribution in [-0.4, -0.2) is 7.11 Å². The zero-order valence-corrected chi connectivity index (χ0v) is 8.17. The summed E-state index contributed by atoms with van der Waals surface area (Å²) in [6, 6.07) is 6.31. The molecule has 0 aliphatic carbocycles. The van der Waals surface area contributed by atoms with Crippen LogP contribution in [0, 0.1) is 0 Å². The monoisotopic (exact) mass is 210 g/mol. The summed E-state index contributed by atoms with van der Waals surface area (Å²) in [7, 11) is 1.53. The Morgan fingerprint density at radius 3 is 2.86 bits per heavy atom. The van der Waals surface area contributed by atoms with Crippen molar-refractivity contribution in [1.82, 2.24) is 0 Å². The SMILES string of the molecule is COc1cc2ccc(=O)oc2cc1Cl. The van der Waals surface area contributed by atoms with Crippen LogP contribution in [0.2, 0.25) is 5.02 Å². The lowest BCUT2D eigenvalue weighted by molar-refractivity contribution is 0.415. The van der Waals surface area contributed by atoms with Gasteiger partial charge >= 0.3 is 5.63 Å². The molecule has 0 spiro atoms. The van der Waals surface area contributed by atoms with Gasteiger partial charge in [-0.3, -0.25) is 0 Å². The van der Waals surface area contributed by atoms with Crippen LogP contribution in [0.15, 0.2) is 33.5 Å². The number of methoxy groups -OCH3 is 1. The minimum atomic E-state index is -0.390. The van der Waals surface area contributed by atoms with Gasteiger partial charge in [-0.25, -0.2) is 4.79 Å². The van der Waals surface area contributed by atoms with E-state index in [2.05, 4.69) is 0 Å². The lowest BCUT2D eigenvalue weighted by Crippen LogP contribution is -1.94. The second-order valence-electron chi connectivity index (χ2n) is 2.78. The van der Waals surface area contributed by atoms with Crippen molar-refractivity contribution < 1.29 is 9.15 Å². The Morgan fingerprint density at radius 2 is 2.14 bits per heavy atom. The fourth-order valence-electron chi connectivity index (χ4n) is 1.23. The molecule has 14 heavy (non-hydrogen) atoms. The van der Waals surface area contributed by atoms with Crippen LogP contribution in [0.5, 0.6) is 5.75 Å². The summed E-state index contributed by atoms with van der Waals surface area (Å²) < 4.78 is 9.98. The molecular weight excluding hydrogens is 204 g/mol. The number of benzene rings is 1. The van der Waals surface area contributed by atoms with Gasteiger partial charge < -0.3 is 9.15 Å². The van der Waals surface area contributed by atoms with E-state index in [-0.39, 0.29) is 0 Å². The van der Waals surface area contributed by atoms with Crippen LogP contribution in [0.25, 0.3) is 11.0 Å². The van der Waals surface area contributed by atoms with E-state index >= 15 is 0 Å². The first-order valence-corrected chi connectivity index (χ1v) is 4.36. The van der Waals surface area contributed by atoms with E-state index in [0.29, 0.717) is 16.4 Å². The fourth-order valence-corrected chi connectivity index (χ4v) is 1.46. The maximum absolute atomic E-state index is 10.9. The van der Waals surface area contributed by atoms with Crippen molar-refractivity contribution in [2.24, 2.45) is 0 Å². The van der Waals surface area contributed by atoms with E-state index in [1.165, 1.54) is 13.2 Å². The predicted molar refractivity (Wildman–Crippen MR) is 54.0 cm³/mol. The molecule has 72 valence electrons. The number of hydrogen-bond acceptors (Lipinski definition) is 3. The zero-order chi connectivity index (χ0) is 10.1. The quantitative estimate of drug-likeness (QED) is 0.679. The molecule has 0 aliphatic heterocycles. The molecule has 0 atom stereocenters. The van der Waals surface area contributed by atoms with Gasteiger partial charge in [0.15, 0.2) is 0 Å². The van der Waals surface area contributed by atoms with Crippen LogP contribution in [0.1, 0.15) is 0 Å². The van der Waals surface area contributed by atoms with E-state index in [1.54, 1.807) is 18.2 Å². The Bertz CT molecular complexity index is 530. The highest BCUT2D eigenvalue weighted by molar-refractivity contribution is 6.32. The molecule has 0 amide bonds. The van der Waals surface area contributed by atoms with Gasteiger partial charge in [0.05, 0.1) is 12.1 Å². The Kier molecular flexibility index (Phi) is 2.17. The van der Waals surface area contributed by atoms with E-state index in [9.17, 15) is 4.79 Å². The third-order valence-electron chi connectivity index (χ3n) is 1.89. The van der Waals surface area contributed by atoms with Crippen LogP contribution in [-0.2, 0) is 0 Å². The van der Waals surface area contributed by atoms with Gasteiger partial charge in [0, 0.05) is 17.5 Å². The van der Waals surface area contributed by atoms with Gasteiger partial charge in [0.1, 0.15) is 11.3 Å². The third kappa shape index (κ3) is 1.46. The van der Waals surface area contributed by atoms with Gasteiger partial charge in [-0.1, -0.05) is 11.6 Å². The second kappa shape index (κ2) is 3.35.